The molecule has 0 saturated carbocycles. The molecule has 2 aliphatic rings. The highest BCUT2D eigenvalue weighted by Crippen LogP contribution is 2.31. The number of nitrogens with one attached hydrogen (secondary N) is 1. The summed E-state index contributed by atoms with van der Waals surface area (Å²) in [5.41, 5.74) is 9.29. The van der Waals surface area contributed by atoms with Gasteiger partial charge in [-0.2, -0.15) is 0 Å². The maximum Gasteiger partial charge on any atom is 0.183 e. The van der Waals surface area contributed by atoms with Gasteiger partial charge in [-0.05, 0) is 56.6 Å². The van der Waals surface area contributed by atoms with Crippen LogP contribution >= 0.6 is 0 Å². The van der Waals surface area contributed by atoms with Crippen molar-refractivity contribution in [1.29, 1.82) is 0 Å². The number of fused-ring (bicyclic) bond motifs is 1. The highest BCUT2D eigenvalue weighted by Gasteiger charge is 2.17. The van der Waals surface area contributed by atoms with Crippen molar-refractivity contribution >= 4 is 28.5 Å². The smallest absolute Gasteiger partial charge is 0.183 e. The molecule has 1 aliphatic heterocycles. The Labute approximate surface area is 164 Å². The minimum Gasteiger partial charge on any atom is -0.397 e. The van der Waals surface area contributed by atoms with Crippen molar-refractivity contribution in [2.45, 2.75) is 26.2 Å². The number of ketones is 1. The van der Waals surface area contributed by atoms with Gasteiger partial charge in [0.05, 0.1) is 16.9 Å². The molecular formula is C21H26N6O. The van der Waals surface area contributed by atoms with Gasteiger partial charge < -0.3 is 16.0 Å². The minimum atomic E-state index is -0.0730. The molecule has 3 N–H and O–H groups in total. The molecule has 7 heteroatoms. The van der Waals surface area contributed by atoms with Crippen molar-refractivity contribution in [2.75, 3.05) is 31.5 Å². The molecule has 0 unspecified atom stereocenters. The molecule has 1 aliphatic carbocycles. The summed E-state index contributed by atoms with van der Waals surface area (Å²) in [6.45, 7) is 5.90. The molecule has 146 valence electrons. The lowest BCUT2D eigenvalue weighted by atomic mass is 10.0. The minimum absolute atomic E-state index is 0.0730. The molecule has 0 amide bonds. The Hall–Kier alpha value is -2.93. The van der Waals surface area contributed by atoms with Crippen molar-refractivity contribution in [2.24, 2.45) is 10.7 Å². The standard InChI is InChI=1S/C21H26N6O/c1-15-13-17(16(22)14-19(15)28)24-20-18-7-3-6-11-27(18)25-21(20)23-8-12-26-9-4-2-5-10-26/h3,6-7,11,13-14H,2,4-5,8-10,12,22H2,1H3,(H,23,25)/b24-17+. The van der Waals surface area contributed by atoms with Gasteiger partial charge in [0.15, 0.2) is 11.6 Å². The van der Waals surface area contributed by atoms with Crippen LogP contribution < -0.4 is 11.1 Å². The van der Waals surface area contributed by atoms with Crippen molar-refractivity contribution < 1.29 is 4.79 Å². The number of aliphatic imine (C=N–C) groups is 1. The van der Waals surface area contributed by atoms with Gasteiger partial charge in [0.25, 0.3) is 0 Å². The number of nitrogens with zero attached hydrogens (tertiary/aromatic N) is 4. The number of hydrogen-bond acceptors (Lipinski definition) is 6. The predicted octanol–water partition coefficient (Wildman–Crippen LogP) is 2.68. The van der Waals surface area contributed by atoms with Crippen LogP contribution in [0.3, 0.4) is 0 Å². The van der Waals surface area contributed by atoms with E-state index in [1.807, 2.05) is 28.9 Å². The topological polar surface area (TPSA) is 88.0 Å². The summed E-state index contributed by atoms with van der Waals surface area (Å²) < 4.78 is 1.81. The summed E-state index contributed by atoms with van der Waals surface area (Å²) in [4.78, 5) is 19.1. The normalized spacial score (nSPS) is 19.8. The summed E-state index contributed by atoms with van der Waals surface area (Å²) in [6, 6.07) is 5.88. The molecule has 0 atom stereocenters. The average Bonchev–Trinajstić information content (AvgIpc) is 3.04. The lowest BCUT2D eigenvalue weighted by Crippen LogP contribution is -2.33. The van der Waals surface area contributed by atoms with E-state index in [-0.39, 0.29) is 5.78 Å². The van der Waals surface area contributed by atoms with Crippen LogP contribution in [-0.4, -0.2) is 52.2 Å². The fourth-order valence-electron chi connectivity index (χ4n) is 3.64. The molecule has 2 aromatic rings. The van der Waals surface area contributed by atoms with Crippen molar-refractivity contribution in [3.05, 3.63) is 47.8 Å². The van der Waals surface area contributed by atoms with E-state index in [1.54, 1.807) is 13.0 Å². The lowest BCUT2D eigenvalue weighted by molar-refractivity contribution is -0.111. The number of rotatable bonds is 5. The number of nitrogens with two attached hydrogens (primary N) is 1. The van der Waals surface area contributed by atoms with Crippen LogP contribution in [0.1, 0.15) is 26.2 Å². The monoisotopic (exact) mass is 378 g/mol. The van der Waals surface area contributed by atoms with E-state index in [2.05, 4.69) is 15.3 Å². The van der Waals surface area contributed by atoms with Crippen LogP contribution in [-0.2, 0) is 4.79 Å². The summed E-state index contributed by atoms with van der Waals surface area (Å²) >= 11 is 0. The first-order chi connectivity index (χ1) is 13.6. The second kappa shape index (κ2) is 7.98. The van der Waals surface area contributed by atoms with Gasteiger partial charge in [0.1, 0.15) is 5.69 Å². The molecule has 3 heterocycles. The Bertz CT molecular complexity index is 978. The van der Waals surface area contributed by atoms with E-state index < -0.39 is 0 Å². The summed E-state index contributed by atoms with van der Waals surface area (Å²) in [6.07, 6.45) is 8.97. The number of hydrogen-bond donors (Lipinski definition) is 2. The molecule has 28 heavy (non-hydrogen) atoms. The van der Waals surface area contributed by atoms with E-state index in [0.717, 1.165) is 30.1 Å². The molecule has 0 spiro atoms. The van der Waals surface area contributed by atoms with Gasteiger partial charge in [-0.1, -0.05) is 12.5 Å². The van der Waals surface area contributed by atoms with Gasteiger partial charge in [-0.3, -0.25) is 4.79 Å². The van der Waals surface area contributed by atoms with Crippen molar-refractivity contribution in [3.8, 4) is 0 Å². The van der Waals surface area contributed by atoms with Crippen LogP contribution in [0.25, 0.3) is 5.52 Å². The third kappa shape index (κ3) is 3.84. The molecule has 0 radical (unpaired) electrons. The van der Waals surface area contributed by atoms with Crippen LogP contribution in [0.5, 0.6) is 0 Å². The van der Waals surface area contributed by atoms with Crippen LogP contribution in [0.4, 0.5) is 11.5 Å². The SMILES string of the molecule is CC1=C/C(=N\c2c(NCCN3CCCCC3)nn3ccccc23)C(N)=CC1=O. The van der Waals surface area contributed by atoms with Gasteiger partial charge in [-0.25, -0.2) is 9.51 Å². The molecular weight excluding hydrogens is 352 g/mol. The zero-order valence-electron chi connectivity index (χ0n) is 16.2. The highest BCUT2D eigenvalue weighted by molar-refractivity contribution is 6.22. The first kappa shape index (κ1) is 18.4. The van der Waals surface area contributed by atoms with E-state index in [1.165, 1.54) is 38.4 Å². The van der Waals surface area contributed by atoms with E-state index in [4.69, 9.17) is 10.7 Å². The fraction of sp³-hybridized carbons (Fsp3) is 0.381. The zero-order chi connectivity index (χ0) is 19.5. The highest BCUT2D eigenvalue weighted by atomic mass is 16.1. The van der Waals surface area contributed by atoms with Crippen molar-refractivity contribution in [3.63, 3.8) is 0 Å². The summed E-state index contributed by atoms with van der Waals surface area (Å²) in [5, 5.41) is 8.10. The van der Waals surface area contributed by atoms with E-state index in [0.29, 0.717) is 17.0 Å². The number of carbonyl (C=O) groups is 1. The molecule has 2 aromatic heterocycles. The second-order valence-corrected chi connectivity index (χ2v) is 7.35. The molecule has 7 nitrogen and oxygen atoms in total. The number of piperidine rings is 1. The molecule has 1 saturated heterocycles. The van der Waals surface area contributed by atoms with E-state index in [9.17, 15) is 4.79 Å². The Morgan fingerprint density at radius 3 is 2.86 bits per heavy atom. The molecule has 4 rings (SSSR count). The number of allylic oxidation sites excluding steroid dienone is 3. The van der Waals surface area contributed by atoms with Gasteiger partial charge >= 0.3 is 0 Å². The quantitative estimate of drug-likeness (QED) is 0.781. The molecule has 0 bridgehead atoms. The first-order valence-electron chi connectivity index (χ1n) is 9.84. The largest absolute Gasteiger partial charge is 0.397 e. The lowest BCUT2D eigenvalue weighted by Gasteiger charge is -2.26. The number of pyridine rings is 1. The Morgan fingerprint density at radius 2 is 2.04 bits per heavy atom. The van der Waals surface area contributed by atoms with Crippen LogP contribution in [0.2, 0.25) is 0 Å². The summed E-state index contributed by atoms with van der Waals surface area (Å²) in [5.74, 6) is 0.655. The molecule has 0 aromatic carbocycles. The second-order valence-electron chi connectivity index (χ2n) is 7.35. The number of carbonyl (C=O) groups excluding carboxylic acids is 1. The third-order valence-corrected chi connectivity index (χ3v) is 5.24. The summed E-state index contributed by atoms with van der Waals surface area (Å²) in [7, 11) is 0. The Morgan fingerprint density at radius 1 is 1.21 bits per heavy atom. The third-order valence-electron chi connectivity index (χ3n) is 5.24. The number of anilines is 1. The number of aromatic nitrogens is 2. The van der Waals surface area contributed by atoms with Gasteiger partial charge in [0, 0.05) is 25.4 Å². The zero-order valence-corrected chi connectivity index (χ0v) is 16.2. The Kier molecular flexibility index (Phi) is 5.25. The molecule has 1 fully saturated rings. The van der Waals surface area contributed by atoms with Crippen LogP contribution in [0.15, 0.2) is 52.8 Å². The van der Waals surface area contributed by atoms with E-state index >= 15 is 0 Å². The van der Waals surface area contributed by atoms with Gasteiger partial charge in [0.2, 0.25) is 0 Å². The van der Waals surface area contributed by atoms with Crippen LogP contribution in [0, 0.1) is 0 Å². The maximum absolute atomic E-state index is 11.8. The Balaban J connectivity index is 1.61. The average molecular weight is 378 g/mol. The maximum atomic E-state index is 11.8. The number of likely N-dealkylation sites (tertiary alicyclic amines) is 1. The van der Waals surface area contributed by atoms with Gasteiger partial charge in [-0.15, -0.1) is 5.10 Å². The predicted molar refractivity (Wildman–Crippen MR) is 112 cm³/mol. The fourth-order valence-corrected chi connectivity index (χ4v) is 3.64. The van der Waals surface area contributed by atoms with Crippen molar-refractivity contribution in [1.82, 2.24) is 14.5 Å². The first-order valence-corrected chi connectivity index (χ1v) is 9.84.